The number of thiazole rings is 1. The van der Waals surface area contributed by atoms with E-state index >= 15 is 4.39 Å². The zero-order chi connectivity index (χ0) is 33.9. The van der Waals surface area contributed by atoms with E-state index < -0.39 is 28.9 Å². The number of nitrogens with one attached hydrogen (secondary N) is 3. The van der Waals surface area contributed by atoms with Gasteiger partial charge in [0.2, 0.25) is 5.95 Å². The molecule has 0 spiro atoms. The summed E-state index contributed by atoms with van der Waals surface area (Å²) >= 11 is 1.43. The standard InChI is InChI=1S/C27H33FN8OS2.C2HF3O2/c1-5-16-39(37)35-21-9-7-8-20(24(21)28)25-26(38-18(3)32-25)22-12-13-30-27(33-22)34-23-11-10-19(17-31-23)36(6-2)15-14-29-4;3-2(4,5)1(6)7/h7-13,17,29,35H,5-6,14-16H2,1-4H3,(H,30,31,33,34);(H,6,7). The van der Waals surface area contributed by atoms with Gasteiger partial charge >= 0.3 is 12.1 Å². The van der Waals surface area contributed by atoms with Gasteiger partial charge in [-0.2, -0.15) is 13.2 Å². The van der Waals surface area contributed by atoms with Crippen molar-refractivity contribution in [2.75, 3.05) is 47.4 Å². The number of hydrogen-bond donors (Lipinski definition) is 4. The van der Waals surface area contributed by atoms with Crippen LogP contribution in [0.3, 0.4) is 0 Å². The number of carboxylic acids is 1. The van der Waals surface area contributed by atoms with E-state index in [1.165, 1.54) is 11.3 Å². The quantitative estimate of drug-likeness (QED) is 0.124. The largest absolute Gasteiger partial charge is 0.490 e. The van der Waals surface area contributed by atoms with Crippen LogP contribution in [0.1, 0.15) is 25.3 Å². The molecule has 1 aromatic carbocycles. The number of hydrogen-bond acceptors (Lipinski definition) is 10. The summed E-state index contributed by atoms with van der Waals surface area (Å²) in [7, 11) is 0.577. The molecule has 0 aliphatic rings. The minimum atomic E-state index is -5.08. The first-order valence-electron chi connectivity index (χ1n) is 14.0. The molecule has 4 rings (SSSR count). The van der Waals surface area contributed by atoms with E-state index in [9.17, 15) is 17.4 Å². The Kier molecular flexibility index (Phi) is 13.3. The summed E-state index contributed by atoms with van der Waals surface area (Å²) in [6, 6.07) is 10.7. The number of aryl methyl sites for hydroxylation is 1. The van der Waals surface area contributed by atoms with Crippen molar-refractivity contribution in [3.05, 3.63) is 59.6 Å². The van der Waals surface area contributed by atoms with Crippen molar-refractivity contribution >= 4 is 51.4 Å². The van der Waals surface area contributed by atoms with Crippen molar-refractivity contribution in [3.63, 3.8) is 0 Å². The SMILES string of the molecule is CCCS(=O)Nc1cccc(-c2nc(C)sc2-c2ccnc(Nc3ccc(N(CC)CCNC)cn3)n2)c1F.O=C(O)C(F)(F)F. The van der Waals surface area contributed by atoms with Crippen LogP contribution in [-0.4, -0.2) is 73.8 Å². The fourth-order valence-electron chi connectivity index (χ4n) is 3.96. The predicted octanol–water partition coefficient (Wildman–Crippen LogP) is 6.02. The molecule has 4 N–H and O–H groups in total. The van der Waals surface area contributed by atoms with Crippen LogP contribution in [0.25, 0.3) is 21.8 Å². The maximum Gasteiger partial charge on any atom is 0.490 e. The number of benzene rings is 1. The van der Waals surface area contributed by atoms with Crippen molar-refractivity contribution in [1.82, 2.24) is 25.3 Å². The van der Waals surface area contributed by atoms with E-state index in [0.29, 0.717) is 34.5 Å². The van der Waals surface area contributed by atoms with Crippen LogP contribution in [0.5, 0.6) is 0 Å². The molecule has 17 heteroatoms. The average molecular weight is 683 g/mol. The number of anilines is 4. The van der Waals surface area contributed by atoms with Gasteiger partial charge in [-0.05, 0) is 57.6 Å². The summed E-state index contributed by atoms with van der Waals surface area (Å²) in [5, 5.41) is 14.2. The summed E-state index contributed by atoms with van der Waals surface area (Å²) in [5.41, 5.74) is 2.63. The van der Waals surface area contributed by atoms with Crippen LogP contribution in [0.4, 0.5) is 40.7 Å². The molecule has 1 atom stereocenters. The zero-order valence-electron chi connectivity index (χ0n) is 25.5. The number of aromatic nitrogens is 4. The van der Waals surface area contributed by atoms with Gasteiger partial charge in [0.25, 0.3) is 0 Å². The Balaban J connectivity index is 0.000000738. The number of halogens is 4. The van der Waals surface area contributed by atoms with Crippen LogP contribution >= 0.6 is 11.3 Å². The number of likely N-dealkylation sites (N-methyl/N-ethyl adjacent to an activating group) is 2. The lowest BCUT2D eigenvalue weighted by Gasteiger charge is -2.22. The Bertz CT molecular complexity index is 1620. The Morgan fingerprint density at radius 3 is 2.46 bits per heavy atom. The van der Waals surface area contributed by atoms with Gasteiger partial charge in [0.15, 0.2) is 5.82 Å². The zero-order valence-corrected chi connectivity index (χ0v) is 27.1. The van der Waals surface area contributed by atoms with Gasteiger partial charge in [-0.25, -0.2) is 33.3 Å². The number of rotatable bonds is 13. The topological polar surface area (TPSA) is 145 Å². The monoisotopic (exact) mass is 682 g/mol. The minimum absolute atomic E-state index is 0.183. The maximum absolute atomic E-state index is 15.5. The summed E-state index contributed by atoms with van der Waals surface area (Å²) in [6.07, 6.45) is -0.877. The number of alkyl halides is 3. The normalized spacial score (nSPS) is 11.7. The third-order valence-corrected chi connectivity index (χ3v) is 8.32. The molecule has 0 saturated carbocycles. The van der Waals surface area contributed by atoms with Crippen LogP contribution < -0.4 is 20.3 Å². The first kappa shape index (κ1) is 36.3. The van der Waals surface area contributed by atoms with Crippen LogP contribution in [0, 0.1) is 12.7 Å². The molecule has 0 bridgehead atoms. The molecule has 4 aromatic rings. The van der Waals surface area contributed by atoms with E-state index in [1.807, 2.05) is 39.2 Å². The Labute approximate surface area is 270 Å². The second-order valence-electron chi connectivity index (χ2n) is 9.51. The first-order chi connectivity index (χ1) is 21.9. The minimum Gasteiger partial charge on any atom is -0.475 e. The second kappa shape index (κ2) is 16.9. The number of carboxylic acid groups (broad SMARTS) is 1. The third-order valence-electron chi connectivity index (χ3n) is 6.10. The molecular formula is C29H34F4N8O3S2. The average Bonchev–Trinajstić information content (AvgIpc) is 3.40. The lowest BCUT2D eigenvalue weighted by molar-refractivity contribution is -0.192. The number of carbonyl (C=O) groups is 1. The summed E-state index contributed by atoms with van der Waals surface area (Å²) in [6.45, 7) is 8.57. The van der Waals surface area contributed by atoms with Crippen LogP contribution in [0.2, 0.25) is 0 Å². The highest BCUT2D eigenvalue weighted by Crippen LogP contribution is 2.38. The fourth-order valence-corrected chi connectivity index (χ4v) is 5.74. The highest BCUT2D eigenvalue weighted by molar-refractivity contribution is 7.86. The molecule has 0 fully saturated rings. The molecule has 0 radical (unpaired) electrons. The van der Waals surface area contributed by atoms with Gasteiger partial charge < -0.3 is 25.4 Å². The maximum atomic E-state index is 15.5. The third kappa shape index (κ3) is 10.1. The molecule has 46 heavy (non-hydrogen) atoms. The molecule has 0 amide bonds. The smallest absolute Gasteiger partial charge is 0.475 e. The molecule has 3 heterocycles. The van der Waals surface area contributed by atoms with Gasteiger partial charge in [0.05, 0.1) is 38.8 Å². The van der Waals surface area contributed by atoms with E-state index in [-0.39, 0.29) is 5.69 Å². The summed E-state index contributed by atoms with van der Waals surface area (Å²) in [5.74, 6) is -1.83. The lowest BCUT2D eigenvalue weighted by Crippen LogP contribution is -2.30. The highest BCUT2D eigenvalue weighted by Gasteiger charge is 2.38. The molecule has 0 aliphatic heterocycles. The van der Waals surface area contributed by atoms with Gasteiger partial charge in [-0.3, -0.25) is 0 Å². The van der Waals surface area contributed by atoms with Crippen molar-refractivity contribution in [2.45, 2.75) is 33.4 Å². The van der Waals surface area contributed by atoms with Crippen molar-refractivity contribution < 1.29 is 31.7 Å². The second-order valence-corrected chi connectivity index (χ2v) is 12.0. The highest BCUT2D eigenvalue weighted by atomic mass is 32.2. The van der Waals surface area contributed by atoms with Gasteiger partial charge in [0.1, 0.15) is 16.8 Å². The van der Waals surface area contributed by atoms with Crippen molar-refractivity contribution in [3.8, 4) is 21.8 Å². The van der Waals surface area contributed by atoms with Gasteiger partial charge in [0, 0.05) is 37.1 Å². The Morgan fingerprint density at radius 2 is 1.85 bits per heavy atom. The molecule has 1 unspecified atom stereocenters. The van der Waals surface area contributed by atoms with Crippen molar-refractivity contribution in [1.29, 1.82) is 0 Å². The molecule has 11 nitrogen and oxygen atoms in total. The summed E-state index contributed by atoms with van der Waals surface area (Å²) < 4.78 is 62.2. The van der Waals surface area contributed by atoms with Crippen molar-refractivity contribution in [2.24, 2.45) is 0 Å². The molecular weight excluding hydrogens is 648 g/mol. The van der Waals surface area contributed by atoms with E-state index in [0.717, 1.165) is 41.6 Å². The lowest BCUT2D eigenvalue weighted by atomic mass is 10.1. The van der Waals surface area contributed by atoms with Crippen LogP contribution in [0.15, 0.2) is 48.8 Å². The predicted molar refractivity (Wildman–Crippen MR) is 173 cm³/mol. The molecule has 0 aliphatic carbocycles. The first-order valence-corrected chi connectivity index (χ1v) is 16.2. The molecule has 248 valence electrons. The molecule has 3 aromatic heterocycles. The van der Waals surface area contributed by atoms with E-state index in [1.54, 1.807) is 30.5 Å². The van der Waals surface area contributed by atoms with Gasteiger partial charge in [-0.15, -0.1) is 11.3 Å². The van der Waals surface area contributed by atoms with Gasteiger partial charge in [-0.1, -0.05) is 13.0 Å². The van der Waals surface area contributed by atoms with E-state index in [4.69, 9.17) is 9.90 Å². The molecule has 0 saturated heterocycles. The number of nitrogens with zero attached hydrogens (tertiary/aromatic N) is 5. The number of aliphatic carboxylic acids is 1. The Hall–Kier alpha value is -4.22. The Morgan fingerprint density at radius 1 is 1.11 bits per heavy atom. The van der Waals surface area contributed by atoms with Crippen LogP contribution in [-0.2, 0) is 15.8 Å². The summed E-state index contributed by atoms with van der Waals surface area (Å²) in [4.78, 5) is 30.0. The number of pyridine rings is 1. The fraction of sp³-hybridized carbons (Fsp3) is 0.345. The van der Waals surface area contributed by atoms with E-state index in [2.05, 4.69) is 47.1 Å².